The van der Waals surface area contributed by atoms with Crippen LogP contribution in [-0.2, 0) is 4.46 Å². The summed E-state index contributed by atoms with van der Waals surface area (Å²) < 4.78 is 8.74. The van der Waals surface area contributed by atoms with Gasteiger partial charge in [-0.2, -0.15) is 0 Å². The fraction of sp³-hybridized carbons (Fsp3) is 0. The van der Waals surface area contributed by atoms with E-state index in [0.29, 0.717) is 0 Å². The monoisotopic (exact) mass is 192 g/mol. The van der Waals surface area contributed by atoms with Crippen LogP contribution in [0.1, 0.15) is 5.71 Å². The molecule has 0 fully saturated rings. The van der Waals surface area contributed by atoms with Gasteiger partial charge < -0.3 is 15.3 Å². The third-order valence-corrected chi connectivity index (χ3v) is 0. The van der Waals surface area contributed by atoms with Crippen molar-refractivity contribution in [2.24, 2.45) is 0 Å². The van der Waals surface area contributed by atoms with Crippen LogP contribution in [-0.4, -0.2) is 112 Å². The van der Waals surface area contributed by atoms with Gasteiger partial charge in [-0.1, -0.05) is 0 Å². The van der Waals surface area contributed by atoms with Crippen molar-refractivity contribution in [3.8, 4) is 0 Å². The molecule has 0 amide bonds. The van der Waals surface area contributed by atoms with E-state index in [2.05, 4.69) is 0 Å². The average Bonchev–Trinajstić information content (AvgIpc) is 0.811. The van der Waals surface area contributed by atoms with Gasteiger partial charge in [0, 0.05) is 0 Å². The Morgan fingerprint density at radius 1 is 1.29 bits per heavy atom. The molecule has 0 bridgehead atoms. The van der Waals surface area contributed by atoms with Gasteiger partial charge in [0.2, 0.25) is 0 Å². The van der Waals surface area contributed by atoms with E-state index in [0.717, 1.165) is 0 Å². The van der Waals surface area contributed by atoms with Crippen LogP contribution in [0.25, 0.3) is 0 Å². The molecule has 0 radical (unpaired) electrons. The Morgan fingerprint density at radius 3 is 1.29 bits per heavy atom. The quantitative estimate of drug-likeness (QED) is 0.400. The molecule has 0 aliphatic carbocycles. The Hall–Kier alpha value is 2.67. The van der Waals surface area contributed by atoms with Gasteiger partial charge in [0.25, 0.3) is 0 Å². The van der Waals surface area contributed by atoms with Gasteiger partial charge in [-0.05, 0) is 0 Å². The minimum absolute atomic E-state index is 0. The number of hydrogen-bond donors (Lipinski definition) is 2. The van der Waals surface area contributed by atoms with Crippen molar-refractivity contribution in [1.29, 1.82) is 0 Å². The maximum Gasteiger partial charge on any atom is 2.00 e. The van der Waals surface area contributed by atoms with E-state index in [9.17, 15) is 0 Å². The second-order valence-corrected chi connectivity index (χ2v) is 0.848. The van der Waals surface area contributed by atoms with Crippen molar-refractivity contribution in [3.05, 3.63) is 0 Å². The van der Waals surface area contributed by atoms with E-state index < -0.39 is 9.17 Å². The summed E-state index contributed by atoms with van der Waals surface area (Å²) in [5, 5.41) is 0. The minimum Gasteiger partial charge on any atom is -1.00 e. The Balaban J connectivity index is -0.00000000214. The first-order chi connectivity index (χ1) is 1.73. The Morgan fingerprint density at radius 2 is 1.29 bits per heavy atom. The maximum atomic E-state index is 8.74. The first-order valence-electron chi connectivity index (χ1n) is 0.651. The largest absolute Gasteiger partial charge is 2.00 e. The molecule has 0 aromatic carbocycles. The molecule has 0 rings (SSSR count). The zero-order chi connectivity index (χ0) is 3.58. The molecule has 0 atom stereocenters. The van der Waals surface area contributed by atoms with Crippen LogP contribution in [0, 0.1) is 0 Å². The number of rotatable bonds is 0. The van der Waals surface area contributed by atoms with Crippen LogP contribution < -0.4 is 0 Å². The summed E-state index contributed by atoms with van der Waals surface area (Å²) >= 11 is 0. The molecule has 0 aromatic heterocycles. The SMILES string of the molecule is O=[Si](O)O.[AlH3].[Ca+2].[Ca+2].[H-].[H-].[H-].[H-]. The van der Waals surface area contributed by atoms with Gasteiger partial charge in [0.05, 0.1) is 0 Å². The normalized spacial score (nSPS) is 3.43. The zero-order valence-electron chi connectivity index (χ0n) is 7.22. The van der Waals surface area contributed by atoms with Crippen molar-refractivity contribution < 1.29 is 19.8 Å². The topological polar surface area (TPSA) is 57.5 Å². The summed E-state index contributed by atoms with van der Waals surface area (Å²) in [6.45, 7) is 0. The van der Waals surface area contributed by atoms with Gasteiger partial charge in [-0.15, -0.1) is 0 Å². The standard InChI is InChI=1S/Al.2Ca.H2O3Si.7H/c;;;1-4(2)3;;;;;;;/h;;;1-2H;;;;;;;/q;2*+2;;;;;4*-1. The predicted molar refractivity (Wildman–Crippen MR) is 36.8 cm³/mol. The van der Waals surface area contributed by atoms with E-state index in [1.54, 1.807) is 0 Å². The van der Waals surface area contributed by atoms with Gasteiger partial charge in [-0.25, -0.2) is 0 Å². The van der Waals surface area contributed by atoms with Gasteiger partial charge in [0.15, 0.2) is 17.4 Å². The molecule has 0 saturated heterocycles. The smallest absolute Gasteiger partial charge is 1.00 e. The van der Waals surface area contributed by atoms with Crippen LogP contribution in [0.5, 0.6) is 0 Å². The van der Waals surface area contributed by atoms with E-state index in [4.69, 9.17) is 14.1 Å². The van der Waals surface area contributed by atoms with Crippen LogP contribution in [0.15, 0.2) is 0 Å². The van der Waals surface area contributed by atoms with Crippen LogP contribution in [0.2, 0.25) is 0 Å². The second kappa shape index (κ2) is 15.9. The molecule has 0 heterocycles. The van der Waals surface area contributed by atoms with E-state index in [-0.39, 0.29) is 98.5 Å². The Bertz CT molecular complexity index is 46.3. The fourth-order valence-corrected chi connectivity index (χ4v) is 0. The van der Waals surface area contributed by atoms with Gasteiger partial charge in [0.1, 0.15) is 0 Å². The first-order valence-corrected chi connectivity index (χ1v) is 1.95. The van der Waals surface area contributed by atoms with E-state index >= 15 is 0 Å². The van der Waals surface area contributed by atoms with Crippen LogP contribution >= 0.6 is 0 Å². The first kappa shape index (κ1) is 22.6. The molecule has 2 N–H and O–H groups in total. The van der Waals surface area contributed by atoms with Gasteiger partial charge >= 0.3 is 84.6 Å². The minimum atomic E-state index is -3.13. The van der Waals surface area contributed by atoms with Gasteiger partial charge in [-0.3, -0.25) is 4.46 Å². The van der Waals surface area contributed by atoms with E-state index in [1.807, 2.05) is 0 Å². The molecule has 7 heteroatoms. The number of hydrogen-bond acceptors (Lipinski definition) is 1. The van der Waals surface area contributed by atoms with Crippen LogP contribution in [0.4, 0.5) is 0 Å². The Kier molecular flexibility index (Phi) is 51.2. The summed E-state index contributed by atoms with van der Waals surface area (Å²) in [6.07, 6.45) is 0. The molecule has 0 aliphatic rings. The fourth-order valence-electron chi connectivity index (χ4n) is 0. The van der Waals surface area contributed by atoms with Crippen molar-refractivity contribution >= 4 is 102 Å². The van der Waals surface area contributed by atoms with Crippen molar-refractivity contribution in [3.63, 3.8) is 0 Å². The summed E-state index contributed by atoms with van der Waals surface area (Å²) in [7, 11) is -3.13. The summed E-state index contributed by atoms with van der Waals surface area (Å²) in [5.41, 5.74) is 0. The molecular weight excluding hydrogens is 183 g/mol. The summed E-state index contributed by atoms with van der Waals surface area (Å²) in [6, 6.07) is 0. The summed E-state index contributed by atoms with van der Waals surface area (Å²) in [4.78, 5) is 14.3. The second-order valence-electron chi connectivity index (χ2n) is 0.283. The molecule has 0 unspecified atom stereocenters. The molecule has 0 aromatic rings. The van der Waals surface area contributed by atoms with Crippen molar-refractivity contribution in [1.82, 2.24) is 0 Å². The molecule has 0 aliphatic heterocycles. The third kappa shape index (κ3) is 54.1. The maximum absolute atomic E-state index is 8.74. The molecule has 38 valence electrons. The van der Waals surface area contributed by atoms with Crippen molar-refractivity contribution in [2.75, 3.05) is 0 Å². The van der Waals surface area contributed by atoms with Crippen molar-refractivity contribution in [2.45, 2.75) is 0 Å². The molecule has 0 spiro atoms. The van der Waals surface area contributed by atoms with Crippen LogP contribution in [0.3, 0.4) is 0 Å². The average molecular weight is 192 g/mol. The predicted octanol–water partition coefficient (Wildman–Crippen LogP) is -3.11. The molecule has 0 saturated carbocycles. The third-order valence-electron chi connectivity index (χ3n) is 0. The Labute approximate surface area is 119 Å². The van der Waals surface area contributed by atoms with E-state index in [1.165, 1.54) is 0 Å². The molecular formula is H9AlCa2O3Si. The molecule has 7 heavy (non-hydrogen) atoms. The summed E-state index contributed by atoms with van der Waals surface area (Å²) in [5.74, 6) is 0. The zero-order valence-corrected chi connectivity index (χ0v) is 8.63. The molecule has 3 nitrogen and oxygen atoms in total.